The lowest BCUT2D eigenvalue weighted by Crippen LogP contribution is -2.60. The molecule has 3 fully saturated rings. The first-order valence-electron chi connectivity index (χ1n) is 12.8. The number of amides is 1. The molecule has 12 heteroatoms. The SMILES string of the molecule is CC1CN(C(=O)[C@@H]2CCN2S(=O)(=O)c2ccc(N3CCC(F)(F)C3)c(-c3cc4ncccc4[nH]3)c2)CCO1.[HH]. The van der Waals surface area contributed by atoms with Crippen molar-refractivity contribution in [2.45, 2.75) is 42.7 Å². The van der Waals surface area contributed by atoms with Crippen LogP contribution in [0.3, 0.4) is 0 Å². The van der Waals surface area contributed by atoms with E-state index in [2.05, 4.69) is 9.97 Å². The number of carbonyl (C=O) groups is 1. The van der Waals surface area contributed by atoms with Gasteiger partial charge in [-0.1, -0.05) is 0 Å². The summed E-state index contributed by atoms with van der Waals surface area (Å²) in [6.45, 7) is 3.12. The summed E-state index contributed by atoms with van der Waals surface area (Å²) in [5.41, 5.74) is 3.03. The van der Waals surface area contributed by atoms with Crippen molar-refractivity contribution in [3.63, 3.8) is 0 Å². The summed E-state index contributed by atoms with van der Waals surface area (Å²) in [6, 6.07) is 9.20. The van der Waals surface area contributed by atoms with E-state index in [1.807, 2.05) is 13.0 Å². The van der Waals surface area contributed by atoms with E-state index < -0.39 is 28.5 Å². The average Bonchev–Trinajstić information content (AvgIpc) is 3.45. The number of nitrogens with zero attached hydrogens (tertiary/aromatic N) is 4. The standard InChI is InChI=1S/C26H29F2N5O4S.H2/c1-17-15-31(11-12-37-17)25(34)24-6-9-33(24)38(35,36)18-4-5-23(32-10-7-26(27,28)16-32)19(13-18)21-14-22-20(30-21)3-2-8-29-22;/h2-5,8,13-14,17,24,30H,6-7,9-12,15-16H2,1H3;1H/t17?,24-;/m0./s1. The van der Waals surface area contributed by atoms with Crippen LogP contribution in [0.5, 0.6) is 0 Å². The van der Waals surface area contributed by atoms with Crippen molar-refractivity contribution in [2.75, 3.05) is 44.2 Å². The van der Waals surface area contributed by atoms with Gasteiger partial charge in [0, 0.05) is 51.5 Å². The number of hydrogen-bond donors (Lipinski definition) is 1. The van der Waals surface area contributed by atoms with Crippen molar-refractivity contribution >= 4 is 32.7 Å². The highest BCUT2D eigenvalue weighted by molar-refractivity contribution is 7.89. The van der Waals surface area contributed by atoms with Crippen LogP contribution in [-0.2, 0) is 19.6 Å². The van der Waals surface area contributed by atoms with Gasteiger partial charge in [-0.25, -0.2) is 17.2 Å². The molecule has 3 aromatic rings. The van der Waals surface area contributed by atoms with E-state index in [-0.39, 0.29) is 37.8 Å². The number of alkyl halides is 2. The van der Waals surface area contributed by atoms with Crippen LogP contribution in [0.15, 0.2) is 47.5 Å². The normalized spacial score (nSPS) is 24.1. The lowest BCUT2D eigenvalue weighted by Gasteiger charge is -2.42. The van der Waals surface area contributed by atoms with Crippen LogP contribution < -0.4 is 4.90 Å². The molecule has 0 bridgehead atoms. The second-order valence-electron chi connectivity index (χ2n) is 10.2. The van der Waals surface area contributed by atoms with Crippen molar-refractivity contribution < 1.29 is 28.2 Å². The molecule has 1 N–H and O–H groups in total. The van der Waals surface area contributed by atoms with Crippen molar-refractivity contribution in [1.29, 1.82) is 0 Å². The van der Waals surface area contributed by atoms with E-state index in [0.29, 0.717) is 48.6 Å². The van der Waals surface area contributed by atoms with Gasteiger partial charge in [-0.3, -0.25) is 9.78 Å². The summed E-state index contributed by atoms with van der Waals surface area (Å²) in [4.78, 5) is 24.0. The summed E-state index contributed by atoms with van der Waals surface area (Å²) < 4.78 is 62.4. The minimum absolute atomic E-state index is 0. The Morgan fingerprint density at radius 1 is 1.21 bits per heavy atom. The van der Waals surface area contributed by atoms with Crippen LogP contribution in [0.25, 0.3) is 22.3 Å². The van der Waals surface area contributed by atoms with Crippen molar-refractivity contribution in [1.82, 2.24) is 19.2 Å². The number of pyridine rings is 1. The Hall–Kier alpha value is -3.09. The quantitative estimate of drug-likeness (QED) is 0.526. The van der Waals surface area contributed by atoms with Crippen LogP contribution in [0.1, 0.15) is 21.2 Å². The van der Waals surface area contributed by atoms with Crippen LogP contribution >= 0.6 is 0 Å². The number of halogens is 2. The molecule has 2 aromatic heterocycles. The van der Waals surface area contributed by atoms with Gasteiger partial charge in [-0.15, -0.1) is 0 Å². The highest BCUT2D eigenvalue weighted by Crippen LogP contribution is 2.40. The Bertz CT molecular complexity index is 1470. The molecule has 3 saturated heterocycles. The van der Waals surface area contributed by atoms with Gasteiger partial charge in [0.15, 0.2) is 0 Å². The molecule has 6 rings (SSSR count). The van der Waals surface area contributed by atoms with Gasteiger partial charge in [-0.05, 0) is 49.7 Å². The first kappa shape index (κ1) is 25.2. The molecule has 0 spiro atoms. The molecule has 1 amide bonds. The lowest BCUT2D eigenvalue weighted by molar-refractivity contribution is -0.145. The zero-order chi connectivity index (χ0) is 26.7. The smallest absolute Gasteiger partial charge is 0.266 e. The Kier molecular flexibility index (Phi) is 6.15. The molecule has 0 aliphatic carbocycles. The topological polar surface area (TPSA) is 98.8 Å². The predicted molar refractivity (Wildman–Crippen MR) is 140 cm³/mol. The minimum atomic E-state index is -4.01. The second-order valence-corrected chi connectivity index (χ2v) is 12.1. The number of anilines is 1. The number of rotatable bonds is 5. The fourth-order valence-corrected chi connectivity index (χ4v) is 7.13. The maximum Gasteiger partial charge on any atom is 0.266 e. The predicted octanol–water partition coefficient (Wildman–Crippen LogP) is 3.33. The number of hydrogen-bond acceptors (Lipinski definition) is 6. The molecule has 0 radical (unpaired) electrons. The van der Waals surface area contributed by atoms with Crippen LogP contribution in [0.2, 0.25) is 0 Å². The molecular weight excluding hydrogens is 516 g/mol. The number of aromatic nitrogens is 2. The first-order chi connectivity index (χ1) is 18.1. The number of H-pyrrole nitrogens is 1. The van der Waals surface area contributed by atoms with Crippen LogP contribution in [-0.4, -0.2) is 90.9 Å². The van der Waals surface area contributed by atoms with E-state index in [4.69, 9.17) is 4.74 Å². The maximum absolute atomic E-state index is 14.1. The number of fused-ring (bicyclic) bond motifs is 1. The second kappa shape index (κ2) is 9.28. The summed E-state index contributed by atoms with van der Waals surface area (Å²) in [6.07, 6.45) is 1.74. The Morgan fingerprint density at radius 2 is 2.05 bits per heavy atom. The number of nitrogens with one attached hydrogen (secondary N) is 1. The highest BCUT2D eigenvalue weighted by Gasteiger charge is 2.45. The molecular formula is C26H31F2N5O4S. The first-order valence-corrected chi connectivity index (χ1v) is 14.2. The van der Waals surface area contributed by atoms with Crippen LogP contribution in [0, 0.1) is 0 Å². The summed E-state index contributed by atoms with van der Waals surface area (Å²) in [7, 11) is -4.01. The van der Waals surface area contributed by atoms with E-state index in [9.17, 15) is 22.0 Å². The zero-order valence-electron chi connectivity index (χ0n) is 20.9. The number of sulfonamides is 1. The number of ether oxygens (including phenoxy) is 1. The third kappa shape index (κ3) is 4.44. The third-order valence-electron chi connectivity index (χ3n) is 7.57. The monoisotopic (exact) mass is 547 g/mol. The van der Waals surface area contributed by atoms with Crippen LogP contribution in [0.4, 0.5) is 14.5 Å². The molecule has 0 saturated carbocycles. The van der Waals surface area contributed by atoms with Gasteiger partial charge in [-0.2, -0.15) is 4.31 Å². The van der Waals surface area contributed by atoms with Crippen molar-refractivity contribution in [3.8, 4) is 11.3 Å². The summed E-state index contributed by atoms with van der Waals surface area (Å²) in [5.74, 6) is -3.03. The van der Waals surface area contributed by atoms with Gasteiger partial charge in [0.1, 0.15) is 6.04 Å². The van der Waals surface area contributed by atoms with Gasteiger partial charge in [0.2, 0.25) is 15.9 Å². The van der Waals surface area contributed by atoms with Gasteiger partial charge >= 0.3 is 0 Å². The van der Waals surface area contributed by atoms with E-state index in [1.54, 1.807) is 34.2 Å². The van der Waals surface area contributed by atoms with Crippen molar-refractivity contribution in [3.05, 3.63) is 42.6 Å². The molecule has 38 heavy (non-hydrogen) atoms. The fourth-order valence-electron chi connectivity index (χ4n) is 5.47. The minimum Gasteiger partial charge on any atom is -0.375 e. The number of benzene rings is 1. The Balaban J connectivity index is 0.00000308. The highest BCUT2D eigenvalue weighted by atomic mass is 32.2. The number of carbonyl (C=O) groups excluding carboxylic acids is 1. The summed E-state index contributed by atoms with van der Waals surface area (Å²) in [5, 5.41) is 0. The molecule has 3 aliphatic heterocycles. The molecule has 2 atom stereocenters. The average molecular weight is 548 g/mol. The molecule has 5 heterocycles. The molecule has 1 aromatic carbocycles. The van der Waals surface area contributed by atoms with E-state index >= 15 is 0 Å². The van der Waals surface area contributed by atoms with E-state index in [0.717, 1.165) is 5.52 Å². The summed E-state index contributed by atoms with van der Waals surface area (Å²) >= 11 is 0. The third-order valence-corrected chi connectivity index (χ3v) is 9.48. The number of aromatic amines is 1. The Labute approximate surface area is 220 Å². The van der Waals surface area contributed by atoms with Gasteiger partial charge in [0.05, 0.1) is 40.9 Å². The van der Waals surface area contributed by atoms with Crippen molar-refractivity contribution in [2.24, 2.45) is 0 Å². The Morgan fingerprint density at radius 3 is 2.74 bits per heavy atom. The van der Waals surface area contributed by atoms with Gasteiger partial charge in [0.25, 0.3) is 5.92 Å². The number of morpholine rings is 1. The van der Waals surface area contributed by atoms with Gasteiger partial charge < -0.3 is 19.5 Å². The maximum atomic E-state index is 14.1. The molecule has 1 unspecified atom stereocenters. The largest absolute Gasteiger partial charge is 0.375 e. The molecule has 3 aliphatic rings. The molecule has 204 valence electrons. The van der Waals surface area contributed by atoms with E-state index in [1.165, 1.54) is 16.4 Å². The zero-order valence-corrected chi connectivity index (χ0v) is 21.8. The fraction of sp³-hybridized carbons (Fsp3) is 0.462. The lowest BCUT2D eigenvalue weighted by atomic mass is 10.1. The molecule has 9 nitrogen and oxygen atoms in total.